The number of hydrogen-bond donors (Lipinski definition) is 0. The van der Waals surface area contributed by atoms with Crippen molar-refractivity contribution in [3.63, 3.8) is 0 Å². The van der Waals surface area contributed by atoms with E-state index >= 15 is 0 Å². The van der Waals surface area contributed by atoms with Crippen LogP contribution >= 0.6 is 0 Å². The minimum Gasteiger partial charge on any atom is -0.490 e. The lowest BCUT2D eigenvalue weighted by Crippen LogP contribution is -2.49. The number of rotatable bonds is 12. The molecule has 0 saturated carbocycles. The summed E-state index contributed by atoms with van der Waals surface area (Å²) in [5, 5.41) is 0.0864. The third-order valence-electron chi connectivity index (χ3n) is 7.75. The lowest BCUT2D eigenvalue weighted by molar-refractivity contribution is -0.000972. The Morgan fingerprint density at radius 1 is 1.08 bits per heavy atom. The maximum absolute atomic E-state index is 7.00. The maximum Gasteiger partial charge on any atom is 0.192 e. The molecular formula is C33H51NO4Si. The fourth-order valence-electron chi connectivity index (χ4n) is 4.59. The van der Waals surface area contributed by atoms with Crippen LogP contribution in [-0.4, -0.2) is 39.2 Å². The minimum atomic E-state index is -2.06. The topological polar surface area (TPSA) is 53.7 Å². The molecule has 0 unspecified atom stereocenters. The molecule has 0 saturated heterocycles. The van der Waals surface area contributed by atoms with Gasteiger partial charge >= 0.3 is 0 Å². The highest BCUT2D eigenvalue weighted by atomic mass is 28.4. The van der Waals surface area contributed by atoms with Crippen molar-refractivity contribution in [1.29, 1.82) is 0 Å². The monoisotopic (exact) mass is 553 g/mol. The van der Waals surface area contributed by atoms with Crippen molar-refractivity contribution >= 4 is 14.4 Å². The number of benzene rings is 1. The van der Waals surface area contributed by atoms with Gasteiger partial charge in [0.25, 0.3) is 0 Å². The average Bonchev–Trinajstić information content (AvgIpc) is 3.21. The Labute approximate surface area is 238 Å². The molecule has 1 heterocycles. The number of allylic oxidation sites excluding steroid dienone is 4. The molecule has 0 radical (unpaired) electrons. The zero-order valence-electron chi connectivity index (χ0n) is 26.6. The lowest BCUT2D eigenvalue weighted by Gasteiger charge is -2.42. The number of nitrogens with zero attached hydrogens (tertiary/aromatic N) is 1. The third-order valence-corrected chi connectivity index (χ3v) is 12.3. The zero-order chi connectivity index (χ0) is 29.5. The first-order chi connectivity index (χ1) is 18.1. The van der Waals surface area contributed by atoms with Crippen LogP contribution in [-0.2, 0) is 9.16 Å². The third kappa shape index (κ3) is 9.33. The number of aryl methyl sites for hydroxylation is 4. The van der Waals surface area contributed by atoms with Crippen LogP contribution < -0.4 is 4.74 Å². The Hall–Kier alpha value is -2.41. The molecule has 0 aliphatic carbocycles. The first-order valence-corrected chi connectivity index (χ1v) is 16.8. The van der Waals surface area contributed by atoms with Crippen molar-refractivity contribution < 1.29 is 18.3 Å². The first-order valence-electron chi connectivity index (χ1n) is 13.9. The molecule has 6 heteroatoms. The van der Waals surface area contributed by atoms with Gasteiger partial charge in [0.15, 0.2) is 14.2 Å². The van der Waals surface area contributed by atoms with E-state index in [9.17, 15) is 0 Å². The highest BCUT2D eigenvalue weighted by Gasteiger charge is 2.41. The highest BCUT2D eigenvalue weighted by molar-refractivity contribution is 6.74. The van der Waals surface area contributed by atoms with E-state index in [1.165, 1.54) is 5.56 Å². The van der Waals surface area contributed by atoms with Gasteiger partial charge in [0.1, 0.15) is 24.3 Å². The second-order valence-electron chi connectivity index (χ2n) is 12.4. The molecule has 0 bridgehead atoms. The van der Waals surface area contributed by atoms with Gasteiger partial charge in [-0.2, -0.15) is 0 Å². The maximum atomic E-state index is 7.00. The quantitative estimate of drug-likeness (QED) is 0.194. The Morgan fingerprint density at radius 3 is 2.21 bits per heavy atom. The smallest absolute Gasteiger partial charge is 0.192 e. The summed E-state index contributed by atoms with van der Waals surface area (Å²) in [6, 6.07) is 4.35. The van der Waals surface area contributed by atoms with Crippen molar-refractivity contribution in [2.75, 3.05) is 13.7 Å². The average molecular weight is 554 g/mol. The standard InChI is InChI=1S/C33H51NO4Si/c1-22(19-29-20-36-28(7)34-29)15-14-16-24(3)32(35-11)27(6)30(38-39(12,13)33(8,9)10)21-37-31-25(4)17-23(2)18-26(31)5/h14-20,27,30,32H,21H2,1-13H3/b15-14+,22-19+,24-16+/t27-,30-,32-/m0/s1. The Morgan fingerprint density at radius 2 is 1.69 bits per heavy atom. The van der Waals surface area contributed by atoms with Crippen LogP contribution in [0.4, 0.5) is 0 Å². The molecule has 2 rings (SSSR count). The molecule has 0 fully saturated rings. The molecular weight excluding hydrogens is 502 g/mol. The van der Waals surface area contributed by atoms with Gasteiger partial charge in [-0.05, 0) is 81.1 Å². The predicted molar refractivity (Wildman–Crippen MR) is 166 cm³/mol. The fraction of sp³-hybridized carbons (Fsp3) is 0.545. The van der Waals surface area contributed by atoms with E-state index in [1.54, 1.807) is 13.4 Å². The van der Waals surface area contributed by atoms with Crippen molar-refractivity contribution in [2.45, 2.75) is 99.6 Å². The van der Waals surface area contributed by atoms with Crippen molar-refractivity contribution in [1.82, 2.24) is 4.98 Å². The van der Waals surface area contributed by atoms with Gasteiger partial charge in [-0.3, -0.25) is 0 Å². The highest BCUT2D eigenvalue weighted by Crippen LogP contribution is 2.39. The normalized spacial score (nSPS) is 16.0. The molecule has 0 N–H and O–H groups in total. The number of ether oxygens (including phenoxy) is 2. The SMILES string of the molecule is CO[C@@H](/C(C)=C/C=C/C(C)=C/c1coc(C)n1)[C@@H](C)[C@H](COc1c(C)cc(C)cc1C)O[Si](C)(C)C(C)(C)C. The number of methoxy groups -OCH3 is 1. The van der Waals surface area contributed by atoms with Crippen LogP contribution in [0.3, 0.4) is 0 Å². The van der Waals surface area contributed by atoms with E-state index in [2.05, 4.69) is 111 Å². The van der Waals surface area contributed by atoms with Crippen LogP contribution in [0.5, 0.6) is 5.75 Å². The summed E-state index contributed by atoms with van der Waals surface area (Å²) in [6.45, 7) is 26.5. The molecule has 2 aromatic rings. The van der Waals surface area contributed by atoms with Gasteiger partial charge in [0, 0.05) is 20.0 Å². The summed E-state index contributed by atoms with van der Waals surface area (Å²) in [4.78, 5) is 4.34. The molecule has 0 spiro atoms. The van der Waals surface area contributed by atoms with Gasteiger partial charge in [0.2, 0.25) is 0 Å². The zero-order valence-corrected chi connectivity index (χ0v) is 27.6. The molecule has 3 atom stereocenters. The molecule has 216 valence electrons. The Bertz CT molecular complexity index is 1160. The molecule has 39 heavy (non-hydrogen) atoms. The van der Waals surface area contributed by atoms with Crippen LogP contribution in [0, 0.1) is 33.6 Å². The van der Waals surface area contributed by atoms with E-state index < -0.39 is 8.32 Å². The molecule has 0 aliphatic heterocycles. The summed E-state index contributed by atoms with van der Waals surface area (Å²) in [6.07, 6.45) is 9.68. The number of oxazole rings is 1. The van der Waals surface area contributed by atoms with Crippen molar-refractivity contribution in [3.05, 3.63) is 76.0 Å². The van der Waals surface area contributed by atoms with Crippen LogP contribution in [0.1, 0.15) is 69.8 Å². The van der Waals surface area contributed by atoms with E-state index in [0.717, 1.165) is 33.7 Å². The van der Waals surface area contributed by atoms with Gasteiger partial charge in [0.05, 0.1) is 12.2 Å². The molecule has 1 aromatic heterocycles. The molecule has 0 aliphatic rings. The van der Waals surface area contributed by atoms with E-state index in [4.69, 9.17) is 18.3 Å². The second-order valence-corrected chi connectivity index (χ2v) is 17.2. The number of hydrogen-bond acceptors (Lipinski definition) is 5. The van der Waals surface area contributed by atoms with Crippen LogP contribution in [0.2, 0.25) is 18.1 Å². The van der Waals surface area contributed by atoms with Crippen molar-refractivity contribution in [3.8, 4) is 5.75 Å². The number of aromatic nitrogens is 1. The van der Waals surface area contributed by atoms with E-state index in [0.29, 0.717) is 12.5 Å². The van der Waals surface area contributed by atoms with Gasteiger partial charge in [-0.1, -0.05) is 63.6 Å². The molecule has 0 amide bonds. The summed E-state index contributed by atoms with van der Waals surface area (Å²) >= 11 is 0. The Kier molecular flexibility index (Phi) is 11.6. The molecule has 5 nitrogen and oxygen atoms in total. The van der Waals surface area contributed by atoms with Crippen molar-refractivity contribution in [2.24, 2.45) is 5.92 Å². The predicted octanol–water partition coefficient (Wildman–Crippen LogP) is 8.93. The van der Waals surface area contributed by atoms with Gasteiger partial charge in [-0.15, -0.1) is 0 Å². The van der Waals surface area contributed by atoms with E-state index in [1.807, 2.05) is 13.0 Å². The first kappa shape index (κ1) is 32.8. The Balaban J connectivity index is 2.29. The van der Waals surface area contributed by atoms with Gasteiger partial charge in [-0.25, -0.2) is 4.98 Å². The van der Waals surface area contributed by atoms with Crippen LogP contribution in [0.15, 0.2) is 52.2 Å². The second kappa shape index (κ2) is 13.8. The molecule has 1 aromatic carbocycles. The summed E-state index contributed by atoms with van der Waals surface area (Å²) in [5.74, 6) is 1.69. The van der Waals surface area contributed by atoms with Crippen LogP contribution in [0.25, 0.3) is 6.08 Å². The summed E-state index contributed by atoms with van der Waals surface area (Å²) in [5.41, 5.74) is 6.60. The van der Waals surface area contributed by atoms with E-state index in [-0.39, 0.29) is 23.2 Å². The minimum absolute atomic E-state index is 0.0783. The summed E-state index contributed by atoms with van der Waals surface area (Å²) in [7, 11) is -0.288. The largest absolute Gasteiger partial charge is 0.490 e. The lowest BCUT2D eigenvalue weighted by atomic mass is 9.92. The fourth-order valence-corrected chi connectivity index (χ4v) is 5.99. The summed E-state index contributed by atoms with van der Waals surface area (Å²) < 4.78 is 24.9. The van der Waals surface area contributed by atoms with Gasteiger partial charge < -0.3 is 18.3 Å².